The van der Waals surface area contributed by atoms with E-state index in [9.17, 15) is 10.1 Å². The predicted octanol–water partition coefficient (Wildman–Crippen LogP) is 3.55. The highest BCUT2D eigenvalue weighted by atomic mass is 32.1. The Morgan fingerprint density at radius 1 is 1.29 bits per heavy atom. The molecule has 1 atom stereocenters. The monoisotopic (exact) mass is 241 g/mol. The van der Waals surface area contributed by atoms with Gasteiger partial charge in [-0.1, -0.05) is 30.3 Å². The number of aryl methyl sites for hydroxylation is 1. The molecule has 2 rings (SSSR count). The summed E-state index contributed by atoms with van der Waals surface area (Å²) in [5, 5.41) is 12.9. The topological polar surface area (TPSA) is 40.9 Å². The second-order valence-electron chi connectivity index (χ2n) is 3.81. The first-order chi connectivity index (χ1) is 8.24. The number of carbonyl (C=O) groups excluding carboxylic acids is 1. The molecule has 0 aliphatic heterocycles. The van der Waals surface area contributed by atoms with Crippen LogP contribution in [0.4, 0.5) is 0 Å². The molecule has 1 aromatic heterocycles. The van der Waals surface area contributed by atoms with Crippen LogP contribution in [0.3, 0.4) is 0 Å². The first kappa shape index (κ1) is 11.6. The zero-order chi connectivity index (χ0) is 12.3. The van der Waals surface area contributed by atoms with Gasteiger partial charge in [-0.15, -0.1) is 0 Å². The molecule has 0 bridgehead atoms. The largest absolute Gasteiger partial charge is 0.292 e. The van der Waals surface area contributed by atoms with Crippen molar-refractivity contribution in [3.63, 3.8) is 0 Å². The average Bonchev–Trinajstić information content (AvgIpc) is 2.77. The van der Waals surface area contributed by atoms with Crippen LogP contribution in [0.1, 0.15) is 27.4 Å². The normalized spacial score (nSPS) is 11.8. The van der Waals surface area contributed by atoms with Gasteiger partial charge in [0.05, 0.1) is 6.07 Å². The van der Waals surface area contributed by atoms with Crippen LogP contribution in [0.5, 0.6) is 0 Å². The standard InChI is InChI=1S/C14H11NOS/c1-10-8-17-9-13(10)14(16)12(7-15)11-5-3-2-4-6-11/h2-6,8-9,12H,1H3. The minimum atomic E-state index is -0.704. The van der Waals surface area contributed by atoms with E-state index in [1.165, 1.54) is 11.3 Å². The molecule has 1 unspecified atom stereocenters. The van der Waals surface area contributed by atoms with Gasteiger partial charge in [0.25, 0.3) is 0 Å². The van der Waals surface area contributed by atoms with Crippen molar-refractivity contribution in [2.24, 2.45) is 0 Å². The fraction of sp³-hybridized carbons (Fsp3) is 0.143. The fourth-order valence-corrected chi connectivity index (χ4v) is 2.54. The Hall–Kier alpha value is -1.92. The number of nitriles is 1. The van der Waals surface area contributed by atoms with Crippen molar-refractivity contribution < 1.29 is 4.79 Å². The summed E-state index contributed by atoms with van der Waals surface area (Å²) in [5.74, 6) is -0.818. The number of hydrogen-bond acceptors (Lipinski definition) is 3. The average molecular weight is 241 g/mol. The summed E-state index contributed by atoms with van der Waals surface area (Å²) in [6.07, 6.45) is 0. The summed E-state index contributed by atoms with van der Waals surface area (Å²) in [6.45, 7) is 1.89. The molecule has 0 spiro atoms. The number of carbonyl (C=O) groups is 1. The third-order valence-corrected chi connectivity index (χ3v) is 3.51. The van der Waals surface area contributed by atoms with E-state index >= 15 is 0 Å². The maximum Gasteiger partial charge on any atom is 0.185 e. The van der Waals surface area contributed by atoms with Crippen LogP contribution in [-0.2, 0) is 0 Å². The van der Waals surface area contributed by atoms with Crippen LogP contribution in [0.2, 0.25) is 0 Å². The third-order valence-electron chi connectivity index (χ3n) is 2.65. The Morgan fingerprint density at radius 2 is 2.00 bits per heavy atom. The van der Waals surface area contributed by atoms with E-state index in [1.807, 2.05) is 48.0 Å². The van der Waals surface area contributed by atoms with Gasteiger partial charge in [0.1, 0.15) is 5.92 Å². The fourth-order valence-electron chi connectivity index (χ4n) is 1.70. The molecule has 0 saturated carbocycles. The highest BCUT2D eigenvalue weighted by Gasteiger charge is 2.23. The summed E-state index contributed by atoms with van der Waals surface area (Å²) in [5.41, 5.74) is 2.35. The molecule has 0 aliphatic rings. The summed E-state index contributed by atoms with van der Waals surface area (Å²) in [7, 11) is 0. The number of thiophene rings is 1. The lowest BCUT2D eigenvalue weighted by atomic mass is 9.92. The number of nitrogens with zero attached hydrogens (tertiary/aromatic N) is 1. The van der Waals surface area contributed by atoms with Gasteiger partial charge in [0, 0.05) is 10.9 Å². The first-order valence-corrected chi connectivity index (χ1v) is 6.20. The van der Waals surface area contributed by atoms with Crippen molar-refractivity contribution in [3.05, 3.63) is 57.8 Å². The van der Waals surface area contributed by atoms with Crippen LogP contribution in [-0.4, -0.2) is 5.78 Å². The zero-order valence-corrected chi connectivity index (χ0v) is 10.2. The molecular formula is C14H11NOS. The minimum Gasteiger partial charge on any atom is -0.292 e. The maximum atomic E-state index is 12.2. The summed E-state index contributed by atoms with van der Waals surface area (Å²) in [4.78, 5) is 12.2. The number of rotatable bonds is 3. The highest BCUT2D eigenvalue weighted by Crippen LogP contribution is 2.24. The minimum absolute atomic E-state index is 0.113. The molecular weight excluding hydrogens is 230 g/mol. The van der Waals surface area contributed by atoms with Crippen molar-refractivity contribution in [2.45, 2.75) is 12.8 Å². The van der Waals surface area contributed by atoms with E-state index in [4.69, 9.17) is 0 Å². The lowest BCUT2D eigenvalue weighted by Crippen LogP contribution is -2.11. The van der Waals surface area contributed by atoms with Gasteiger partial charge in [-0.3, -0.25) is 4.79 Å². The second-order valence-corrected chi connectivity index (χ2v) is 4.55. The number of ketones is 1. The van der Waals surface area contributed by atoms with Crippen molar-refractivity contribution >= 4 is 17.1 Å². The molecule has 0 aliphatic carbocycles. The third kappa shape index (κ3) is 2.27. The Labute approximate surface area is 104 Å². The van der Waals surface area contributed by atoms with E-state index in [1.54, 1.807) is 0 Å². The van der Waals surface area contributed by atoms with Gasteiger partial charge in [-0.05, 0) is 23.4 Å². The highest BCUT2D eigenvalue weighted by molar-refractivity contribution is 7.08. The Kier molecular flexibility index (Phi) is 3.36. The molecule has 0 radical (unpaired) electrons. The van der Waals surface area contributed by atoms with Gasteiger partial charge in [0.2, 0.25) is 0 Å². The lowest BCUT2D eigenvalue weighted by Gasteiger charge is -2.07. The van der Waals surface area contributed by atoms with E-state index < -0.39 is 5.92 Å². The van der Waals surface area contributed by atoms with Crippen LogP contribution < -0.4 is 0 Å². The lowest BCUT2D eigenvalue weighted by molar-refractivity contribution is 0.0979. The molecule has 1 heterocycles. The molecule has 0 amide bonds. The summed E-state index contributed by atoms with van der Waals surface area (Å²) < 4.78 is 0. The number of Topliss-reactive ketones (excluding diaryl/α,β-unsaturated/α-hetero) is 1. The van der Waals surface area contributed by atoms with Crippen molar-refractivity contribution in [2.75, 3.05) is 0 Å². The molecule has 3 heteroatoms. The van der Waals surface area contributed by atoms with E-state index in [0.717, 1.165) is 11.1 Å². The molecule has 1 aromatic carbocycles. The molecule has 0 N–H and O–H groups in total. The molecule has 2 nitrogen and oxygen atoms in total. The van der Waals surface area contributed by atoms with Gasteiger partial charge in [0.15, 0.2) is 5.78 Å². The van der Waals surface area contributed by atoms with Gasteiger partial charge < -0.3 is 0 Å². The SMILES string of the molecule is Cc1cscc1C(=O)C(C#N)c1ccccc1. The van der Waals surface area contributed by atoms with E-state index in [-0.39, 0.29) is 5.78 Å². The molecule has 2 aromatic rings. The van der Waals surface area contributed by atoms with Crippen LogP contribution >= 0.6 is 11.3 Å². The van der Waals surface area contributed by atoms with Gasteiger partial charge >= 0.3 is 0 Å². The van der Waals surface area contributed by atoms with Crippen LogP contribution in [0.25, 0.3) is 0 Å². The number of benzene rings is 1. The smallest absolute Gasteiger partial charge is 0.185 e. The van der Waals surface area contributed by atoms with Crippen molar-refractivity contribution in [3.8, 4) is 6.07 Å². The van der Waals surface area contributed by atoms with Crippen molar-refractivity contribution in [1.29, 1.82) is 5.26 Å². The molecule has 0 fully saturated rings. The number of hydrogen-bond donors (Lipinski definition) is 0. The van der Waals surface area contributed by atoms with Crippen LogP contribution in [0.15, 0.2) is 41.1 Å². The van der Waals surface area contributed by atoms with E-state index in [0.29, 0.717) is 5.56 Å². The van der Waals surface area contributed by atoms with Crippen LogP contribution in [0, 0.1) is 18.3 Å². The molecule has 17 heavy (non-hydrogen) atoms. The van der Waals surface area contributed by atoms with Crippen molar-refractivity contribution in [1.82, 2.24) is 0 Å². The van der Waals surface area contributed by atoms with E-state index in [2.05, 4.69) is 6.07 Å². The maximum absolute atomic E-state index is 12.2. The first-order valence-electron chi connectivity index (χ1n) is 5.25. The van der Waals surface area contributed by atoms with Gasteiger partial charge in [-0.2, -0.15) is 16.6 Å². The van der Waals surface area contributed by atoms with Gasteiger partial charge in [-0.25, -0.2) is 0 Å². The Morgan fingerprint density at radius 3 is 2.53 bits per heavy atom. The summed E-state index contributed by atoms with van der Waals surface area (Å²) in [6, 6.07) is 11.3. The molecule has 84 valence electrons. The summed E-state index contributed by atoms with van der Waals surface area (Å²) >= 11 is 1.49. The molecule has 0 saturated heterocycles. The quantitative estimate of drug-likeness (QED) is 0.771. The Balaban J connectivity index is 2.36. The zero-order valence-electron chi connectivity index (χ0n) is 9.38. The Bertz CT molecular complexity index is 565. The second kappa shape index (κ2) is 4.94. The predicted molar refractivity (Wildman–Crippen MR) is 68.2 cm³/mol.